The Hall–Kier alpha value is -2.18. The molecule has 7 heteroatoms. The fourth-order valence-corrected chi connectivity index (χ4v) is 2.33. The van der Waals surface area contributed by atoms with Crippen LogP contribution < -0.4 is 0 Å². The predicted octanol–water partition coefficient (Wildman–Crippen LogP) is 1.15. The van der Waals surface area contributed by atoms with Crippen molar-refractivity contribution in [2.45, 2.75) is 33.1 Å². The Morgan fingerprint density at radius 3 is 2.55 bits per heavy atom. The van der Waals surface area contributed by atoms with E-state index in [0.717, 1.165) is 11.3 Å². The summed E-state index contributed by atoms with van der Waals surface area (Å²) in [4.78, 5) is 18.1. The molecule has 0 bridgehead atoms. The van der Waals surface area contributed by atoms with Crippen LogP contribution in [0.25, 0.3) is 0 Å². The van der Waals surface area contributed by atoms with Crippen LogP contribution in [0.2, 0.25) is 0 Å². The highest BCUT2D eigenvalue weighted by Crippen LogP contribution is 2.26. The zero-order chi connectivity index (χ0) is 14.3. The maximum Gasteiger partial charge on any atom is 0.233 e. The highest BCUT2D eigenvalue weighted by Gasteiger charge is 2.35. The molecule has 0 aliphatic carbocycles. The minimum atomic E-state index is 0.0758. The fraction of sp³-hybridized carbons (Fsp3) is 0.538. The molecule has 1 fully saturated rings. The Labute approximate surface area is 115 Å². The van der Waals surface area contributed by atoms with Crippen molar-refractivity contribution >= 4 is 5.91 Å². The minimum absolute atomic E-state index is 0.0758. The van der Waals surface area contributed by atoms with Gasteiger partial charge in [0, 0.05) is 18.7 Å². The minimum Gasteiger partial charge on any atom is -0.361 e. The number of carbonyl (C=O) groups excluding carboxylic acids is 1. The zero-order valence-corrected chi connectivity index (χ0v) is 11.7. The largest absolute Gasteiger partial charge is 0.361 e. The summed E-state index contributed by atoms with van der Waals surface area (Å²) in [5, 5.41) is 7.62. The summed E-state index contributed by atoms with van der Waals surface area (Å²) in [5.41, 5.74) is 1.66. The lowest BCUT2D eigenvalue weighted by Gasteiger charge is -2.37. The van der Waals surface area contributed by atoms with Crippen molar-refractivity contribution < 1.29 is 13.8 Å². The van der Waals surface area contributed by atoms with Crippen molar-refractivity contribution in [1.82, 2.24) is 20.2 Å². The lowest BCUT2D eigenvalue weighted by molar-refractivity contribution is -0.135. The van der Waals surface area contributed by atoms with Crippen molar-refractivity contribution in [3.05, 3.63) is 28.7 Å². The lowest BCUT2D eigenvalue weighted by Crippen LogP contribution is -2.49. The summed E-state index contributed by atoms with van der Waals surface area (Å²) in [6, 6.07) is 0. The molecule has 0 spiro atoms. The lowest BCUT2D eigenvalue weighted by atomic mass is 9.98. The fourth-order valence-electron chi connectivity index (χ4n) is 2.33. The van der Waals surface area contributed by atoms with E-state index in [4.69, 9.17) is 9.05 Å². The molecule has 1 amide bonds. The molecule has 0 radical (unpaired) electrons. The Morgan fingerprint density at radius 1 is 1.25 bits per heavy atom. The van der Waals surface area contributed by atoms with E-state index in [9.17, 15) is 4.79 Å². The number of hydrogen-bond donors (Lipinski definition) is 0. The summed E-state index contributed by atoms with van der Waals surface area (Å²) in [6.07, 6.45) is 0.330. The van der Waals surface area contributed by atoms with E-state index in [-0.39, 0.29) is 11.8 Å². The van der Waals surface area contributed by atoms with Gasteiger partial charge in [0.25, 0.3) is 0 Å². The van der Waals surface area contributed by atoms with Gasteiger partial charge in [0.15, 0.2) is 5.82 Å². The number of aryl methyl sites for hydroxylation is 3. The average Bonchev–Trinajstić information content (AvgIpc) is 2.88. The van der Waals surface area contributed by atoms with Gasteiger partial charge in [-0.15, -0.1) is 0 Å². The normalized spacial score (nSPS) is 15.4. The summed E-state index contributed by atoms with van der Waals surface area (Å²) in [6.45, 7) is 6.71. The smallest absolute Gasteiger partial charge is 0.233 e. The van der Waals surface area contributed by atoms with Crippen molar-refractivity contribution in [3.63, 3.8) is 0 Å². The van der Waals surface area contributed by atoms with Gasteiger partial charge in [-0.2, -0.15) is 4.98 Å². The summed E-state index contributed by atoms with van der Waals surface area (Å²) in [7, 11) is 0. The maximum atomic E-state index is 12.2. The summed E-state index contributed by atoms with van der Waals surface area (Å²) >= 11 is 0. The van der Waals surface area contributed by atoms with Crippen molar-refractivity contribution in [2.75, 3.05) is 13.1 Å². The van der Waals surface area contributed by atoms with Gasteiger partial charge in [-0.05, 0) is 20.8 Å². The van der Waals surface area contributed by atoms with Gasteiger partial charge in [-0.1, -0.05) is 10.3 Å². The van der Waals surface area contributed by atoms with E-state index in [1.165, 1.54) is 0 Å². The highest BCUT2D eigenvalue weighted by atomic mass is 16.5. The summed E-state index contributed by atoms with van der Waals surface area (Å²) < 4.78 is 10.2. The van der Waals surface area contributed by atoms with Gasteiger partial charge in [0.2, 0.25) is 11.8 Å². The van der Waals surface area contributed by atoms with Crippen LogP contribution >= 0.6 is 0 Å². The Kier molecular flexibility index (Phi) is 3.04. The molecular formula is C13H16N4O3. The molecule has 106 valence electrons. The number of hydrogen-bond acceptors (Lipinski definition) is 6. The van der Waals surface area contributed by atoms with Gasteiger partial charge in [0.1, 0.15) is 5.76 Å². The standard InChI is InChI=1S/C13H16N4O3/c1-7-11(8(2)19-15-7)4-12(18)17-5-10(6-17)13-14-9(3)16-20-13/h10H,4-6H2,1-3H3. The highest BCUT2D eigenvalue weighted by molar-refractivity contribution is 5.80. The molecule has 20 heavy (non-hydrogen) atoms. The molecule has 3 rings (SSSR count). The van der Waals surface area contributed by atoms with Crippen LogP contribution in [0.1, 0.15) is 34.7 Å². The number of carbonyl (C=O) groups is 1. The van der Waals surface area contributed by atoms with Crippen LogP contribution in [0.5, 0.6) is 0 Å². The molecule has 2 aromatic heterocycles. The summed E-state index contributed by atoms with van der Waals surface area (Å²) in [5.74, 6) is 2.18. The quantitative estimate of drug-likeness (QED) is 0.836. The molecule has 0 unspecified atom stereocenters. The second kappa shape index (κ2) is 4.73. The second-order valence-corrected chi connectivity index (χ2v) is 5.15. The average molecular weight is 276 g/mol. The van der Waals surface area contributed by atoms with Crippen LogP contribution in [0, 0.1) is 20.8 Å². The van der Waals surface area contributed by atoms with Crippen LogP contribution in [0.15, 0.2) is 9.05 Å². The topological polar surface area (TPSA) is 85.3 Å². The Balaban J connectivity index is 1.59. The number of aromatic nitrogens is 3. The monoisotopic (exact) mass is 276 g/mol. The molecule has 7 nitrogen and oxygen atoms in total. The number of amides is 1. The van der Waals surface area contributed by atoms with Gasteiger partial charge < -0.3 is 13.9 Å². The first-order valence-electron chi connectivity index (χ1n) is 6.54. The van der Waals surface area contributed by atoms with Crippen molar-refractivity contribution in [3.8, 4) is 0 Å². The first-order chi connectivity index (χ1) is 9.54. The van der Waals surface area contributed by atoms with Crippen LogP contribution in [0.4, 0.5) is 0 Å². The molecule has 0 aromatic carbocycles. The molecule has 0 N–H and O–H groups in total. The van der Waals surface area contributed by atoms with E-state index in [2.05, 4.69) is 15.3 Å². The van der Waals surface area contributed by atoms with E-state index in [1.54, 1.807) is 11.8 Å². The van der Waals surface area contributed by atoms with E-state index in [1.807, 2.05) is 13.8 Å². The first-order valence-corrected chi connectivity index (χ1v) is 6.54. The third-order valence-electron chi connectivity index (χ3n) is 3.64. The molecular weight excluding hydrogens is 260 g/mol. The van der Waals surface area contributed by atoms with Gasteiger partial charge in [0.05, 0.1) is 18.0 Å². The van der Waals surface area contributed by atoms with Gasteiger partial charge in [-0.25, -0.2) is 0 Å². The van der Waals surface area contributed by atoms with Crippen LogP contribution in [-0.4, -0.2) is 39.2 Å². The SMILES string of the molecule is Cc1noc(C2CN(C(=O)Cc3c(C)noc3C)C2)n1. The molecule has 1 aliphatic rings. The molecule has 3 heterocycles. The zero-order valence-electron chi connectivity index (χ0n) is 11.7. The van der Waals surface area contributed by atoms with Crippen LogP contribution in [-0.2, 0) is 11.2 Å². The van der Waals surface area contributed by atoms with Gasteiger partial charge >= 0.3 is 0 Å². The van der Waals surface area contributed by atoms with E-state index < -0.39 is 0 Å². The number of likely N-dealkylation sites (tertiary alicyclic amines) is 1. The molecule has 0 saturated carbocycles. The van der Waals surface area contributed by atoms with Crippen molar-refractivity contribution in [1.29, 1.82) is 0 Å². The predicted molar refractivity (Wildman–Crippen MR) is 68.0 cm³/mol. The van der Waals surface area contributed by atoms with Crippen molar-refractivity contribution in [2.24, 2.45) is 0 Å². The van der Waals surface area contributed by atoms with Crippen LogP contribution in [0.3, 0.4) is 0 Å². The third kappa shape index (κ3) is 2.19. The Bertz CT molecular complexity index is 620. The number of nitrogens with zero attached hydrogens (tertiary/aromatic N) is 4. The van der Waals surface area contributed by atoms with E-state index in [0.29, 0.717) is 37.0 Å². The molecule has 0 atom stereocenters. The molecule has 2 aromatic rings. The number of rotatable bonds is 3. The molecule has 1 aliphatic heterocycles. The van der Waals surface area contributed by atoms with E-state index >= 15 is 0 Å². The Morgan fingerprint density at radius 2 is 2.00 bits per heavy atom. The molecule has 1 saturated heterocycles. The first kappa shape index (κ1) is 12.8. The van der Waals surface area contributed by atoms with Gasteiger partial charge in [-0.3, -0.25) is 4.79 Å². The second-order valence-electron chi connectivity index (χ2n) is 5.15. The maximum absolute atomic E-state index is 12.2. The third-order valence-corrected chi connectivity index (χ3v) is 3.64.